The second-order valence-corrected chi connectivity index (χ2v) is 6.89. The molecule has 2 heterocycles. The molecule has 2 saturated heterocycles. The summed E-state index contributed by atoms with van der Waals surface area (Å²) in [5, 5.41) is 2.82. The monoisotopic (exact) mass is 363 g/mol. The van der Waals surface area contributed by atoms with Crippen molar-refractivity contribution in [2.75, 3.05) is 33.3 Å². The van der Waals surface area contributed by atoms with Gasteiger partial charge in [0.25, 0.3) is 0 Å². The van der Waals surface area contributed by atoms with Gasteiger partial charge in [-0.3, -0.25) is 14.5 Å². The van der Waals surface area contributed by atoms with Crippen LogP contribution in [0.3, 0.4) is 0 Å². The SMILES string of the molecule is COC1CCN(C(=O)CC2C(=O)NCCN2Cc2ccccc2F)CC1. The number of methoxy groups -OCH3 is 1. The van der Waals surface area contributed by atoms with Crippen molar-refractivity contribution in [1.29, 1.82) is 0 Å². The van der Waals surface area contributed by atoms with E-state index in [1.165, 1.54) is 6.07 Å². The first-order valence-corrected chi connectivity index (χ1v) is 9.14. The zero-order chi connectivity index (χ0) is 18.5. The normalized spacial score (nSPS) is 22.3. The number of nitrogens with one attached hydrogen (secondary N) is 1. The lowest BCUT2D eigenvalue weighted by atomic mass is 10.0. The van der Waals surface area contributed by atoms with Gasteiger partial charge in [-0.15, -0.1) is 0 Å². The molecular weight excluding hydrogens is 337 g/mol. The molecule has 142 valence electrons. The largest absolute Gasteiger partial charge is 0.381 e. The van der Waals surface area contributed by atoms with Gasteiger partial charge >= 0.3 is 0 Å². The van der Waals surface area contributed by atoms with Crippen molar-refractivity contribution in [3.05, 3.63) is 35.6 Å². The standard InChI is InChI=1S/C19H26FN3O3/c1-26-15-6-9-22(10-7-15)18(24)12-17-19(25)21-8-11-23(17)13-14-4-2-3-5-16(14)20/h2-5,15,17H,6-13H2,1H3,(H,21,25). The van der Waals surface area contributed by atoms with Crippen LogP contribution >= 0.6 is 0 Å². The number of ether oxygens (including phenoxy) is 1. The van der Waals surface area contributed by atoms with Crippen molar-refractivity contribution in [1.82, 2.24) is 15.1 Å². The van der Waals surface area contributed by atoms with Gasteiger partial charge in [0, 0.05) is 45.4 Å². The van der Waals surface area contributed by atoms with Crippen LogP contribution in [0.1, 0.15) is 24.8 Å². The Morgan fingerprint density at radius 3 is 2.69 bits per heavy atom. The summed E-state index contributed by atoms with van der Waals surface area (Å²) in [6.45, 7) is 2.74. The predicted molar refractivity (Wildman–Crippen MR) is 94.8 cm³/mol. The molecule has 2 fully saturated rings. The summed E-state index contributed by atoms with van der Waals surface area (Å²) in [6.07, 6.45) is 1.96. The van der Waals surface area contributed by atoms with Crippen LogP contribution < -0.4 is 5.32 Å². The second-order valence-electron chi connectivity index (χ2n) is 6.89. The van der Waals surface area contributed by atoms with Crippen molar-refractivity contribution in [2.45, 2.75) is 38.0 Å². The number of nitrogens with zero attached hydrogens (tertiary/aromatic N) is 2. The Morgan fingerprint density at radius 2 is 2.00 bits per heavy atom. The van der Waals surface area contributed by atoms with Gasteiger partial charge in [0.1, 0.15) is 5.82 Å². The lowest BCUT2D eigenvalue weighted by Crippen LogP contribution is -2.56. The second kappa shape index (κ2) is 8.60. The summed E-state index contributed by atoms with van der Waals surface area (Å²) in [7, 11) is 1.69. The van der Waals surface area contributed by atoms with E-state index in [9.17, 15) is 14.0 Å². The van der Waals surface area contributed by atoms with Crippen molar-refractivity contribution >= 4 is 11.8 Å². The van der Waals surface area contributed by atoms with Crippen molar-refractivity contribution in [3.8, 4) is 0 Å². The number of halogens is 1. The van der Waals surface area contributed by atoms with E-state index in [0.29, 0.717) is 38.3 Å². The molecule has 0 radical (unpaired) electrons. The fraction of sp³-hybridized carbons (Fsp3) is 0.579. The summed E-state index contributed by atoms with van der Waals surface area (Å²) >= 11 is 0. The number of hydrogen-bond donors (Lipinski definition) is 1. The highest BCUT2D eigenvalue weighted by molar-refractivity contribution is 5.88. The Kier molecular flexibility index (Phi) is 6.21. The molecule has 6 nitrogen and oxygen atoms in total. The fourth-order valence-electron chi connectivity index (χ4n) is 3.65. The van der Waals surface area contributed by atoms with Crippen LogP contribution in [0.4, 0.5) is 4.39 Å². The topological polar surface area (TPSA) is 61.9 Å². The van der Waals surface area contributed by atoms with Gasteiger partial charge in [0.2, 0.25) is 11.8 Å². The van der Waals surface area contributed by atoms with Crippen LogP contribution in [0.5, 0.6) is 0 Å². The van der Waals surface area contributed by atoms with E-state index in [4.69, 9.17) is 4.74 Å². The molecule has 7 heteroatoms. The third-order valence-corrected chi connectivity index (χ3v) is 5.27. The Morgan fingerprint density at radius 1 is 1.27 bits per heavy atom. The minimum atomic E-state index is -0.559. The van der Waals surface area contributed by atoms with Gasteiger partial charge < -0.3 is 15.0 Å². The van der Waals surface area contributed by atoms with E-state index < -0.39 is 6.04 Å². The van der Waals surface area contributed by atoms with E-state index in [2.05, 4.69) is 5.32 Å². The zero-order valence-corrected chi connectivity index (χ0v) is 15.1. The summed E-state index contributed by atoms with van der Waals surface area (Å²) in [5.74, 6) is -0.474. The number of benzene rings is 1. The summed E-state index contributed by atoms with van der Waals surface area (Å²) in [5.41, 5.74) is 0.542. The average Bonchev–Trinajstić information content (AvgIpc) is 2.66. The first-order chi connectivity index (χ1) is 12.6. The summed E-state index contributed by atoms with van der Waals surface area (Å²) in [6, 6.07) is 6.00. The maximum absolute atomic E-state index is 14.0. The molecule has 1 aromatic rings. The lowest BCUT2D eigenvalue weighted by molar-refractivity contribution is -0.140. The zero-order valence-electron chi connectivity index (χ0n) is 15.1. The third-order valence-electron chi connectivity index (χ3n) is 5.27. The lowest BCUT2D eigenvalue weighted by Gasteiger charge is -2.37. The molecule has 0 spiro atoms. The average molecular weight is 363 g/mol. The molecule has 1 unspecified atom stereocenters. The van der Waals surface area contributed by atoms with Crippen molar-refractivity contribution in [3.63, 3.8) is 0 Å². The molecule has 1 N–H and O–H groups in total. The van der Waals surface area contributed by atoms with Crippen LogP contribution in [0, 0.1) is 5.82 Å². The van der Waals surface area contributed by atoms with Crippen LogP contribution in [0.2, 0.25) is 0 Å². The number of rotatable bonds is 5. The van der Waals surface area contributed by atoms with Crippen LogP contribution in [0.15, 0.2) is 24.3 Å². The van der Waals surface area contributed by atoms with Gasteiger partial charge in [-0.2, -0.15) is 0 Å². The Bertz CT molecular complexity index is 647. The molecule has 0 saturated carbocycles. The molecule has 0 aliphatic carbocycles. The summed E-state index contributed by atoms with van der Waals surface area (Å²) < 4.78 is 19.3. The van der Waals surface area contributed by atoms with Gasteiger partial charge in [-0.05, 0) is 18.9 Å². The number of piperazine rings is 1. The van der Waals surface area contributed by atoms with E-state index in [-0.39, 0.29) is 30.2 Å². The molecule has 1 atom stereocenters. The molecule has 0 aromatic heterocycles. The van der Waals surface area contributed by atoms with E-state index in [1.54, 1.807) is 30.2 Å². The van der Waals surface area contributed by atoms with Gasteiger partial charge in [-0.1, -0.05) is 18.2 Å². The highest BCUT2D eigenvalue weighted by Crippen LogP contribution is 2.19. The minimum absolute atomic E-state index is 0.0277. The Hall–Kier alpha value is -1.99. The number of amides is 2. The minimum Gasteiger partial charge on any atom is -0.381 e. The third kappa shape index (κ3) is 4.40. The number of carbonyl (C=O) groups excluding carboxylic acids is 2. The summed E-state index contributed by atoms with van der Waals surface area (Å²) in [4.78, 5) is 28.7. The fourth-order valence-corrected chi connectivity index (χ4v) is 3.65. The van der Waals surface area contributed by atoms with E-state index >= 15 is 0 Å². The van der Waals surface area contributed by atoms with Crippen LogP contribution in [0.25, 0.3) is 0 Å². The molecule has 2 aliphatic rings. The van der Waals surface area contributed by atoms with Crippen molar-refractivity contribution < 1.29 is 18.7 Å². The van der Waals surface area contributed by atoms with Gasteiger partial charge in [0.05, 0.1) is 18.6 Å². The number of carbonyl (C=O) groups is 2. The smallest absolute Gasteiger partial charge is 0.237 e. The quantitative estimate of drug-likeness (QED) is 0.853. The maximum Gasteiger partial charge on any atom is 0.237 e. The molecule has 2 aliphatic heterocycles. The van der Waals surface area contributed by atoms with E-state index in [1.807, 2.05) is 4.90 Å². The van der Waals surface area contributed by atoms with Gasteiger partial charge in [0.15, 0.2) is 0 Å². The highest BCUT2D eigenvalue weighted by Gasteiger charge is 2.34. The Balaban J connectivity index is 1.64. The number of hydrogen-bond acceptors (Lipinski definition) is 4. The van der Waals surface area contributed by atoms with Crippen LogP contribution in [-0.2, 0) is 20.9 Å². The maximum atomic E-state index is 14.0. The van der Waals surface area contributed by atoms with Crippen molar-refractivity contribution in [2.24, 2.45) is 0 Å². The van der Waals surface area contributed by atoms with E-state index in [0.717, 1.165) is 12.8 Å². The molecule has 0 bridgehead atoms. The first-order valence-electron chi connectivity index (χ1n) is 9.14. The highest BCUT2D eigenvalue weighted by atomic mass is 19.1. The molecule has 3 rings (SSSR count). The van der Waals surface area contributed by atoms with Crippen LogP contribution in [-0.4, -0.2) is 67.0 Å². The molecule has 2 amide bonds. The Labute approximate surface area is 153 Å². The predicted octanol–water partition coefficient (Wildman–Crippen LogP) is 1.15. The van der Waals surface area contributed by atoms with Gasteiger partial charge in [-0.25, -0.2) is 4.39 Å². The molecule has 26 heavy (non-hydrogen) atoms. The number of piperidine rings is 1. The molecule has 1 aromatic carbocycles. The number of likely N-dealkylation sites (tertiary alicyclic amines) is 1. The first kappa shape index (κ1) is 18.8. The molecular formula is C19H26FN3O3.